The van der Waals surface area contributed by atoms with Crippen LogP contribution in [-0.2, 0) is 24.7 Å². The highest BCUT2D eigenvalue weighted by atomic mass is 16.7. The van der Waals surface area contributed by atoms with Crippen LogP contribution in [0.2, 0.25) is 0 Å². The molecule has 4 rings (SSSR count). The lowest BCUT2D eigenvalue weighted by atomic mass is 9.76. The summed E-state index contributed by atoms with van der Waals surface area (Å²) in [7, 11) is 1.88. The van der Waals surface area contributed by atoms with E-state index in [0.29, 0.717) is 19.8 Å². The highest BCUT2D eigenvalue weighted by Crippen LogP contribution is 2.37. The topological polar surface area (TPSA) is 69.5 Å². The van der Waals surface area contributed by atoms with E-state index in [0.717, 1.165) is 43.1 Å². The van der Waals surface area contributed by atoms with E-state index in [-0.39, 0.29) is 11.3 Å². The maximum absolute atomic E-state index is 12.4. The number of nitrogens with zero attached hydrogens (tertiary/aromatic N) is 4. The van der Waals surface area contributed by atoms with Gasteiger partial charge in [-0.2, -0.15) is 5.10 Å². The number of fused-ring (bicyclic) bond motifs is 1. The summed E-state index contributed by atoms with van der Waals surface area (Å²) in [6.07, 6.45) is 4.69. The predicted molar refractivity (Wildman–Crippen MR) is 94.9 cm³/mol. The molecule has 0 bridgehead atoms. The second kappa shape index (κ2) is 6.63. The number of hydrogen-bond donors (Lipinski definition) is 0. The Kier molecular flexibility index (Phi) is 4.30. The number of rotatable bonds is 5. The molecule has 1 atom stereocenters. The maximum Gasteiger partial charge on any atom is 0.231 e. The molecule has 7 heteroatoms. The molecule has 0 saturated carbocycles. The zero-order valence-corrected chi connectivity index (χ0v) is 15.3. The van der Waals surface area contributed by atoms with Gasteiger partial charge in [-0.25, -0.2) is 4.98 Å². The quantitative estimate of drug-likeness (QED) is 0.819. The van der Waals surface area contributed by atoms with Gasteiger partial charge < -0.3 is 14.4 Å². The van der Waals surface area contributed by atoms with E-state index in [1.807, 2.05) is 18.0 Å². The third-order valence-electron chi connectivity index (χ3n) is 5.35. The molecule has 0 unspecified atom stereocenters. The first-order chi connectivity index (χ1) is 12.5. The summed E-state index contributed by atoms with van der Waals surface area (Å²) in [6.45, 7) is 4.00. The van der Waals surface area contributed by atoms with E-state index in [2.05, 4.69) is 29.1 Å². The van der Waals surface area contributed by atoms with Crippen LogP contribution >= 0.6 is 0 Å². The Labute approximate surface area is 152 Å². The van der Waals surface area contributed by atoms with Crippen molar-refractivity contribution in [2.75, 3.05) is 19.9 Å². The van der Waals surface area contributed by atoms with Gasteiger partial charge in [0.25, 0.3) is 0 Å². The summed E-state index contributed by atoms with van der Waals surface area (Å²) < 4.78 is 12.6. The number of aromatic nitrogens is 3. The van der Waals surface area contributed by atoms with Gasteiger partial charge in [-0.15, -0.1) is 0 Å². The van der Waals surface area contributed by atoms with E-state index in [4.69, 9.17) is 9.47 Å². The SMILES string of the molecule is Cn1ncnc1CCN1C[C@](C)(Cc2ccc3c(c2)OCO3)CCC1=O. The molecular weight excluding hydrogens is 332 g/mol. The molecule has 0 aliphatic carbocycles. The van der Waals surface area contributed by atoms with Crippen LogP contribution in [0.5, 0.6) is 11.5 Å². The molecular formula is C19H24N4O3. The molecule has 3 heterocycles. The molecule has 2 aliphatic heterocycles. The van der Waals surface area contributed by atoms with Crippen LogP contribution in [0, 0.1) is 5.41 Å². The molecule has 2 aliphatic rings. The zero-order chi connectivity index (χ0) is 18.1. The van der Waals surface area contributed by atoms with Crippen LogP contribution in [0.25, 0.3) is 0 Å². The van der Waals surface area contributed by atoms with Gasteiger partial charge in [0.05, 0.1) is 0 Å². The Morgan fingerprint density at radius 3 is 2.92 bits per heavy atom. The van der Waals surface area contributed by atoms with E-state index < -0.39 is 0 Å². The lowest BCUT2D eigenvalue weighted by Gasteiger charge is -2.40. The van der Waals surface area contributed by atoms with Crippen LogP contribution in [0.15, 0.2) is 24.5 Å². The summed E-state index contributed by atoms with van der Waals surface area (Å²) in [6, 6.07) is 6.13. The van der Waals surface area contributed by atoms with Gasteiger partial charge >= 0.3 is 0 Å². The monoisotopic (exact) mass is 356 g/mol. The second-order valence-corrected chi connectivity index (χ2v) is 7.54. The molecule has 0 radical (unpaired) electrons. The lowest BCUT2D eigenvalue weighted by Crippen LogP contribution is -2.47. The van der Waals surface area contributed by atoms with Crippen molar-refractivity contribution in [2.24, 2.45) is 12.5 Å². The van der Waals surface area contributed by atoms with Gasteiger partial charge in [0, 0.05) is 33.0 Å². The summed E-state index contributed by atoms with van der Waals surface area (Å²) in [5, 5.41) is 4.09. The summed E-state index contributed by atoms with van der Waals surface area (Å²) >= 11 is 0. The third kappa shape index (κ3) is 3.38. The number of piperidine rings is 1. The highest BCUT2D eigenvalue weighted by molar-refractivity contribution is 5.77. The molecule has 0 N–H and O–H groups in total. The van der Waals surface area contributed by atoms with Gasteiger partial charge in [-0.1, -0.05) is 13.0 Å². The fourth-order valence-electron chi connectivity index (χ4n) is 3.87. The molecule has 0 spiro atoms. The van der Waals surface area contributed by atoms with E-state index >= 15 is 0 Å². The summed E-state index contributed by atoms with van der Waals surface area (Å²) in [5.41, 5.74) is 1.28. The van der Waals surface area contributed by atoms with Gasteiger partial charge in [-0.3, -0.25) is 9.48 Å². The van der Waals surface area contributed by atoms with Gasteiger partial charge in [-0.05, 0) is 36.0 Å². The largest absolute Gasteiger partial charge is 0.454 e. The molecule has 26 heavy (non-hydrogen) atoms. The van der Waals surface area contributed by atoms with Crippen molar-refractivity contribution in [3.8, 4) is 11.5 Å². The van der Waals surface area contributed by atoms with Crippen molar-refractivity contribution in [2.45, 2.75) is 32.6 Å². The minimum absolute atomic E-state index is 0.0570. The average Bonchev–Trinajstić information content (AvgIpc) is 3.24. The Morgan fingerprint density at radius 1 is 1.27 bits per heavy atom. The molecule has 1 amide bonds. The Balaban J connectivity index is 1.42. The van der Waals surface area contributed by atoms with Crippen LogP contribution in [0.3, 0.4) is 0 Å². The van der Waals surface area contributed by atoms with Crippen molar-refractivity contribution in [3.05, 3.63) is 35.9 Å². The molecule has 138 valence electrons. The maximum atomic E-state index is 12.4. The number of likely N-dealkylation sites (tertiary alicyclic amines) is 1. The Bertz CT molecular complexity index is 819. The zero-order valence-electron chi connectivity index (χ0n) is 15.3. The van der Waals surface area contributed by atoms with Crippen molar-refractivity contribution >= 4 is 5.91 Å². The van der Waals surface area contributed by atoms with Crippen molar-refractivity contribution in [1.29, 1.82) is 0 Å². The van der Waals surface area contributed by atoms with Gasteiger partial charge in [0.1, 0.15) is 12.2 Å². The van der Waals surface area contributed by atoms with Crippen LogP contribution < -0.4 is 9.47 Å². The number of aryl methyl sites for hydroxylation is 1. The number of carbonyl (C=O) groups is 1. The number of ether oxygens (including phenoxy) is 2. The molecule has 1 aromatic carbocycles. The molecule has 7 nitrogen and oxygen atoms in total. The molecule has 1 saturated heterocycles. The second-order valence-electron chi connectivity index (χ2n) is 7.54. The molecule has 2 aromatic rings. The van der Waals surface area contributed by atoms with Crippen LogP contribution in [0.1, 0.15) is 31.2 Å². The smallest absolute Gasteiger partial charge is 0.231 e. The summed E-state index contributed by atoms with van der Waals surface area (Å²) in [5.74, 6) is 2.76. The lowest BCUT2D eigenvalue weighted by molar-refractivity contribution is -0.137. The van der Waals surface area contributed by atoms with E-state index in [9.17, 15) is 4.79 Å². The van der Waals surface area contributed by atoms with Crippen molar-refractivity contribution in [3.63, 3.8) is 0 Å². The predicted octanol–water partition coefficient (Wildman–Crippen LogP) is 1.96. The third-order valence-corrected chi connectivity index (χ3v) is 5.35. The number of hydrogen-bond acceptors (Lipinski definition) is 5. The standard InChI is InChI=1S/C19H24N4O3/c1-19(10-14-3-4-15-16(9-14)26-13-25-15)7-5-18(24)23(11-19)8-6-17-20-12-21-22(17)2/h3-4,9,12H,5-8,10-11,13H2,1-2H3/t19-/m0/s1. The summed E-state index contributed by atoms with van der Waals surface area (Å²) in [4.78, 5) is 18.6. The first-order valence-corrected chi connectivity index (χ1v) is 9.02. The minimum Gasteiger partial charge on any atom is -0.454 e. The van der Waals surface area contributed by atoms with Gasteiger partial charge in [0.15, 0.2) is 11.5 Å². The first kappa shape index (κ1) is 16.9. The number of benzene rings is 1. The average molecular weight is 356 g/mol. The molecule has 1 fully saturated rings. The minimum atomic E-state index is 0.0570. The normalized spacial score (nSPS) is 22.1. The Hall–Kier alpha value is -2.57. The van der Waals surface area contributed by atoms with E-state index in [1.165, 1.54) is 5.56 Å². The van der Waals surface area contributed by atoms with Gasteiger partial charge in [0.2, 0.25) is 12.7 Å². The number of carbonyl (C=O) groups excluding carboxylic acids is 1. The van der Waals surface area contributed by atoms with E-state index in [1.54, 1.807) is 11.0 Å². The fraction of sp³-hybridized carbons (Fsp3) is 0.526. The van der Waals surface area contributed by atoms with Crippen LogP contribution in [-0.4, -0.2) is 45.5 Å². The van der Waals surface area contributed by atoms with Crippen molar-refractivity contribution in [1.82, 2.24) is 19.7 Å². The van der Waals surface area contributed by atoms with Crippen LogP contribution in [0.4, 0.5) is 0 Å². The Morgan fingerprint density at radius 2 is 2.12 bits per heavy atom. The molecule has 1 aromatic heterocycles. The first-order valence-electron chi connectivity index (χ1n) is 9.02. The number of amides is 1. The van der Waals surface area contributed by atoms with Crippen molar-refractivity contribution < 1.29 is 14.3 Å². The highest BCUT2D eigenvalue weighted by Gasteiger charge is 2.35. The fourth-order valence-corrected chi connectivity index (χ4v) is 3.87.